The Kier molecular flexibility index (Phi) is 5.17. The van der Waals surface area contributed by atoms with Crippen molar-refractivity contribution < 1.29 is 18.6 Å². The summed E-state index contributed by atoms with van der Waals surface area (Å²) in [7, 11) is 3.06. The molecule has 0 radical (unpaired) electrons. The maximum absolute atomic E-state index is 13.6. The van der Waals surface area contributed by atoms with E-state index in [-0.39, 0.29) is 23.6 Å². The van der Waals surface area contributed by atoms with Crippen molar-refractivity contribution in [2.75, 3.05) is 14.2 Å². The van der Waals surface area contributed by atoms with Crippen LogP contribution in [0.3, 0.4) is 0 Å². The van der Waals surface area contributed by atoms with E-state index < -0.39 is 5.92 Å². The largest absolute Gasteiger partial charge is 0.497 e. The van der Waals surface area contributed by atoms with Crippen LogP contribution in [0.4, 0.5) is 0 Å². The molecule has 3 heterocycles. The van der Waals surface area contributed by atoms with Crippen LogP contribution in [0.5, 0.6) is 17.2 Å². The van der Waals surface area contributed by atoms with Crippen molar-refractivity contribution in [3.63, 3.8) is 0 Å². The standard InChI is InChI=1S/C23H21N3O5/c1-13-9-19-21(23(27)26(13)12-15-5-4-8-30-15)20(17(11-24)22(25)31-19)16-7-6-14(28-2)10-18(16)29-3/h4-10,20H,12,25H2,1-3H3/t20-/m1/s1. The Morgan fingerprint density at radius 2 is 2.03 bits per heavy atom. The summed E-state index contributed by atoms with van der Waals surface area (Å²) in [6.45, 7) is 2.05. The summed E-state index contributed by atoms with van der Waals surface area (Å²) in [6, 6.07) is 12.6. The number of ether oxygens (including phenoxy) is 3. The maximum Gasteiger partial charge on any atom is 0.259 e. The van der Waals surface area contributed by atoms with E-state index in [1.54, 1.807) is 61.3 Å². The quantitative estimate of drug-likeness (QED) is 0.676. The van der Waals surface area contributed by atoms with E-state index in [1.165, 1.54) is 7.11 Å². The van der Waals surface area contributed by atoms with E-state index in [9.17, 15) is 10.1 Å². The lowest BCUT2D eigenvalue weighted by Gasteiger charge is -2.28. The lowest BCUT2D eigenvalue weighted by atomic mass is 9.83. The van der Waals surface area contributed by atoms with Crippen molar-refractivity contribution in [3.8, 4) is 23.3 Å². The van der Waals surface area contributed by atoms with E-state index >= 15 is 0 Å². The number of benzene rings is 1. The number of allylic oxidation sites excluding steroid dienone is 1. The second-order valence-electron chi connectivity index (χ2n) is 7.07. The van der Waals surface area contributed by atoms with Crippen LogP contribution in [0.2, 0.25) is 0 Å². The number of pyridine rings is 1. The van der Waals surface area contributed by atoms with Gasteiger partial charge in [0.15, 0.2) is 0 Å². The van der Waals surface area contributed by atoms with Crippen LogP contribution in [0.25, 0.3) is 0 Å². The number of nitriles is 1. The highest BCUT2D eigenvalue weighted by Crippen LogP contribution is 2.44. The smallest absolute Gasteiger partial charge is 0.259 e. The molecule has 0 fully saturated rings. The average Bonchev–Trinajstić information content (AvgIpc) is 3.28. The second kappa shape index (κ2) is 7.95. The Morgan fingerprint density at radius 1 is 1.23 bits per heavy atom. The molecule has 0 aliphatic carbocycles. The molecule has 31 heavy (non-hydrogen) atoms. The SMILES string of the molecule is COc1ccc([C@@H]2C(C#N)=C(N)Oc3cc(C)n(Cc4ccco4)c(=O)c32)c(OC)c1. The fourth-order valence-electron chi connectivity index (χ4n) is 3.81. The van der Waals surface area contributed by atoms with Gasteiger partial charge in [-0.25, -0.2) is 0 Å². The second-order valence-corrected chi connectivity index (χ2v) is 7.07. The highest BCUT2D eigenvalue weighted by atomic mass is 16.5. The minimum atomic E-state index is -0.759. The minimum absolute atomic E-state index is 0.0412. The third-order valence-corrected chi connectivity index (χ3v) is 5.34. The third kappa shape index (κ3) is 3.40. The first-order valence-corrected chi connectivity index (χ1v) is 9.54. The van der Waals surface area contributed by atoms with Crippen LogP contribution in [-0.2, 0) is 6.54 Å². The maximum atomic E-state index is 13.6. The van der Waals surface area contributed by atoms with E-state index in [0.717, 1.165) is 0 Å². The number of aromatic nitrogens is 1. The lowest BCUT2D eigenvalue weighted by molar-refractivity contribution is 0.378. The number of hydrogen-bond donors (Lipinski definition) is 1. The number of nitrogens with two attached hydrogens (primary N) is 1. The summed E-state index contributed by atoms with van der Waals surface area (Å²) in [4.78, 5) is 13.6. The number of hydrogen-bond acceptors (Lipinski definition) is 7. The Hall–Kier alpha value is -4.12. The summed E-state index contributed by atoms with van der Waals surface area (Å²) in [5.41, 5.74) is 7.51. The fourth-order valence-corrected chi connectivity index (χ4v) is 3.81. The Labute approximate surface area is 178 Å². The molecule has 1 aromatic carbocycles. The Balaban J connectivity index is 1.97. The number of nitrogens with zero attached hydrogens (tertiary/aromatic N) is 2. The van der Waals surface area contributed by atoms with Crippen LogP contribution in [0.15, 0.2) is 63.3 Å². The summed E-state index contributed by atoms with van der Waals surface area (Å²) >= 11 is 0. The number of fused-ring (bicyclic) bond motifs is 1. The molecule has 2 N–H and O–H groups in total. The highest BCUT2D eigenvalue weighted by Gasteiger charge is 2.36. The van der Waals surface area contributed by atoms with Crippen LogP contribution in [0, 0.1) is 18.3 Å². The van der Waals surface area contributed by atoms with Crippen molar-refractivity contribution in [2.24, 2.45) is 5.73 Å². The van der Waals surface area contributed by atoms with Gasteiger partial charge < -0.3 is 28.9 Å². The molecule has 0 bridgehead atoms. The van der Waals surface area contributed by atoms with Crippen molar-refractivity contribution in [1.29, 1.82) is 5.26 Å². The van der Waals surface area contributed by atoms with Gasteiger partial charge in [0, 0.05) is 23.4 Å². The third-order valence-electron chi connectivity index (χ3n) is 5.34. The van der Waals surface area contributed by atoms with Gasteiger partial charge in [0.2, 0.25) is 5.88 Å². The summed E-state index contributed by atoms with van der Waals surface area (Å²) in [6.07, 6.45) is 1.56. The molecule has 4 rings (SSSR count). The number of furan rings is 1. The van der Waals surface area contributed by atoms with Gasteiger partial charge in [0.1, 0.15) is 34.7 Å². The van der Waals surface area contributed by atoms with Gasteiger partial charge in [-0.15, -0.1) is 0 Å². The molecule has 2 aromatic heterocycles. The van der Waals surface area contributed by atoms with E-state index in [0.29, 0.717) is 39.8 Å². The number of aryl methyl sites for hydroxylation is 1. The Bertz CT molecular complexity index is 1270. The van der Waals surface area contributed by atoms with Gasteiger partial charge in [0.25, 0.3) is 5.56 Å². The fraction of sp³-hybridized carbons (Fsp3) is 0.217. The van der Waals surface area contributed by atoms with E-state index in [1.807, 2.05) is 0 Å². The van der Waals surface area contributed by atoms with Crippen molar-refractivity contribution >= 4 is 0 Å². The first-order valence-electron chi connectivity index (χ1n) is 9.54. The van der Waals surface area contributed by atoms with Crippen LogP contribution in [-0.4, -0.2) is 18.8 Å². The molecule has 158 valence electrons. The zero-order valence-corrected chi connectivity index (χ0v) is 17.3. The molecule has 8 heteroatoms. The monoisotopic (exact) mass is 419 g/mol. The van der Waals surface area contributed by atoms with Crippen LogP contribution < -0.4 is 25.5 Å². The molecule has 1 aliphatic rings. The summed E-state index contributed by atoms with van der Waals surface area (Å²) in [5, 5.41) is 9.85. The molecule has 0 saturated heterocycles. The molecule has 1 atom stereocenters. The van der Waals surface area contributed by atoms with Crippen molar-refractivity contribution in [1.82, 2.24) is 4.57 Å². The minimum Gasteiger partial charge on any atom is -0.497 e. The van der Waals surface area contributed by atoms with Crippen molar-refractivity contribution in [3.05, 3.63) is 87.1 Å². The van der Waals surface area contributed by atoms with Crippen LogP contribution >= 0.6 is 0 Å². The predicted molar refractivity (Wildman–Crippen MR) is 112 cm³/mol. The zero-order valence-electron chi connectivity index (χ0n) is 17.3. The van der Waals surface area contributed by atoms with Crippen LogP contribution in [0.1, 0.15) is 28.5 Å². The normalized spacial score (nSPS) is 15.1. The molecular weight excluding hydrogens is 398 g/mol. The predicted octanol–water partition coefficient (Wildman–Crippen LogP) is 3.03. The molecular formula is C23H21N3O5. The summed E-state index contributed by atoms with van der Waals surface area (Å²) in [5.74, 6) is 1.21. The average molecular weight is 419 g/mol. The number of rotatable bonds is 5. The lowest BCUT2D eigenvalue weighted by Crippen LogP contribution is -2.33. The number of methoxy groups -OCH3 is 2. The molecule has 0 saturated carbocycles. The molecule has 0 spiro atoms. The zero-order chi connectivity index (χ0) is 22.1. The topological polar surface area (TPSA) is 113 Å². The van der Waals surface area contributed by atoms with Gasteiger partial charge >= 0.3 is 0 Å². The molecule has 1 aliphatic heterocycles. The van der Waals surface area contributed by atoms with Gasteiger partial charge in [-0.3, -0.25) is 4.79 Å². The van der Waals surface area contributed by atoms with Gasteiger partial charge in [-0.05, 0) is 25.1 Å². The first kappa shape index (κ1) is 20.2. The van der Waals surface area contributed by atoms with Crippen molar-refractivity contribution in [2.45, 2.75) is 19.4 Å². The Morgan fingerprint density at radius 3 is 2.68 bits per heavy atom. The van der Waals surface area contributed by atoms with Gasteiger partial charge in [0.05, 0.1) is 38.5 Å². The van der Waals surface area contributed by atoms with Gasteiger partial charge in [-0.1, -0.05) is 6.07 Å². The summed E-state index contributed by atoms with van der Waals surface area (Å²) < 4.78 is 23.5. The highest BCUT2D eigenvalue weighted by molar-refractivity contribution is 5.59. The molecule has 3 aromatic rings. The van der Waals surface area contributed by atoms with Gasteiger partial charge in [-0.2, -0.15) is 5.26 Å². The first-order chi connectivity index (χ1) is 15.0. The van der Waals surface area contributed by atoms with E-state index in [2.05, 4.69) is 6.07 Å². The molecule has 8 nitrogen and oxygen atoms in total. The van der Waals surface area contributed by atoms with E-state index in [4.69, 9.17) is 24.4 Å². The molecule has 0 unspecified atom stereocenters. The molecule has 0 amide bonds.